The second-order valence-corrected chi connectivity index (χ2v) is 5.58. The van der Waals surface area contributed by atoms with Crippen molar-refractivity contribution < 1.29 is 4.79 Å². The van der Waals surface area contributed by atoms with Gasteiger partial charge in [0.1, 0.15) is 6.34 Å². The van der Waals surface area contributed by atoms with E-state index in [2.05, 4.69) is 20.3 Å². The van der Waals surface area contributed by atoms with Gasteiger partial charge in [-0.1, -0.05) is 12.1 Å². The fourth-order valence-corrected chi connectivity index (χ4v) is 2.37. The van der Waals surface area contributed by atoms with E-state index in [0.717, 1.165) is 23.2 Å². The highest BCUT2D eigenvalue weighted by molar-refractivity contribution is 5.94. The highest BCUT2D eigenvalue weighted by Gasteiger charge is 2.09. The lowest BCUT2D eigenvalue weighted by atomic mass is 10.1. The van der Waals surface area contributed by atoms with Crippen molar-refractivity contribution in [3.05, 3.63) is 68.6 Å². The SMILES string of the molecule is Cc1cc(C)c(CNC(=O)c2ccc(CN=CN=CN)cc2)c(=O)[nH]1. The number of carbonyl (C=O) groups excluding carboxylic acids is 1. The van der Waals surface area contributed by atoms with Crippen LogP contribution in [0.25, 0.3) is 0 Å². The molecular formula is C18H21N5O2. The Morgan fingerprint density at radius 3 is 2.64 bits per heavy atom. The van der Waals surface area contributed by atoms with Crippen molar-refractivity contribution in [2.75, 3.05) is 0 Å². The highest BCUT2D eigenvalue weighted by atomic mass is 16.1. The smallest absolute Gasteiger partial charge is 0.253 e. The fraction of sp³-hybridized carbons (Fsp3) is 0.222. The standard InChI is InChI=1S/C18H21N5O2/c1-12-7-13(2)23-18(25)16(12)9-22-17(24)15-5-3-14(4-6-15)8-20-11-21-10-19/h3-7,10-11H,8-9H2,1-2H3,(H,22,24)(H,23,25)(H2,19,20,21). The van der Waals surface area contributed by atoms with Crippen LogP contribution in [0.5, 0.6) is 0 Å². The summed E-state index contributed by atoms with van der Waals surface area (Å²) in [6, 6.07) is 8.97. The lowest BCUT2D eigenvalue weighted by Gasteiger charge is -2.08. The lowest BCUT2D eigenvalue weighted by molar-refractivity contribution is 0.0950. The number of nitrogens with zero attached hydrogens (tertiary/aromatic N) is 2. The molecule has 0 spiro atoms. The number of rotatable bonds is 6. The minimum Gasteiger partial charge on any atom is -0.390 e. The number of H-pyrrole nitrogens is 1. The van der Waals surface area contributed by atoms with Crippen molar-refractivity contribution in [1.29, 1.82) is 0 Å². The molecule has 25 heavy (non-hydrogen) atoms. The van der Waals surface area contributed by atoms with Gasteiger partial charge in [-0.25, -0.2) is 4.99 Å². The third-order valence-corrected chi connectivity index (χ3v) is 3.64. The Morgan fingerprint density at radius 1 is 1.28 bits per heavy atom. The summed E-state index contributed by atoms with van der Waals surface area (Å²) in [7, 11) is 0. The first-order valence-electron chi connectivity index (χ1n) is 7.79. The average molecular weight is 339 g/mol. The van der Waals surface area contributed by atoms with Gasteiger partial charge >= 0.3 is 0 Å². The molecule has 0 aliphatic rings. The Hall–Kier alpha value is -3.22. The van der Waals surface area contributed by atoms with E-state index in [1.54, 1.807) is 12.1 Å². The Morgan fingerprint density at radius 2 is 2.00 bits per heavy atom. The molecule has 0 fully saturated rings. The van der Waals surface area contributed by atoms with Gasteiger partial charge in [0.15, 0.2) is 0 Å². The van der Waals surface area contributed by atoms with Crippen LogP contribution in [0.4, 0.5) is 0 Å². The molecule has 0 saturated carbocycles. The third kappa shape index (κ3) is 5.13. The van der Waals surface area contributed by atoms with Crippen LogP contribution < -0.4 is 16.6 Å². The maximum Gasteiger partial charge on any atom is 0.253 e. The summed E-state index contributed by atoms with van der Waals surface area (Å²) in [5.74, 6) is -0.234. The Bertz CT molecular complexity index is 851. The lowest BCUT2D eigenvalue weighted by Crippen LogP contribution is -2.27. The maximum atomic E-state index is 12.2. The first kappa shape index (κ1) is 18.1. The zero-order valence-corrected chi connectivity index (χ0v) is 14.2. The Kier molecular flexibility index (Phi) is 6.22. The molecule has 0 atom stereocenters. The van der Waals surface area contributed by atoms with Crippen molar-refractivity contribution >= 4 is 18.6 Å². The fourth-order valence-electron chi connectivity index (χ4n) is 2.37. The van der Waals surface area contributed by atoms with Gasteiger partial charge in [-0.3, -0.25) is 14.6 Å². The summed E-state index contributed by atoms with van der Waals surface area (Å²) in [5, 5.41) is 2.77. The molecule has 1 heterocycles. The van der Waals surface area contributed by atoms with Crippen LogP contribution in [0, 0.1) is 13.8 Å². The molecule has 2 rings (SSSR count). The van der Waals surface area contributed by atoms with Gasteiger partial charge in [0.25, 0.3) is 11.5 Å². The molecule has 0 saturated heterocycles. The molecule has 1 amide bonds. The summed E-state index contributed by atoms with van der Waals surface area (Å²) < 4.78 is 0. The van der Waals surface area contributed by atoms with Gasteiger partial charge in [0.05, 0.1) is 12.9 Å². The number of amides is 1. The van der Waals surface area contributed by atoms with E-state index < -0.39 is 0 Å². The first-order chi connectivity index (χ1) is 12.0. The van der Waals surface area contributed by atoms with E-state index in [0.29, 0.717) is 17.7 Å². The van der Waals surface area contributed by atoms with Crippen molar-refractivity contribution in [3.63, 3.8) is 0 Å². The van der Waals surface area contributed by atoms with E-state index in [4.69, 9.17) is 5.73 Å². The molecular weight excluding hydrogens is 318 g/mol. The van der Waals surface area contributed by atoms with E-state index >= 15 is 0 Å². The second-order valence-electron chi connectivity index (χ2n) is 5.58. The van der Waals surface area contributed by atoms with Crippen molar-refractivity contribution in [2.24, 2.45) is 15.7 Å². The van der Waals surface area contributed by atoms with Gasteiger partial charge < -0.3 is 16.0 Å². The predicted molar refractivity (Wildman–Crippen MR) is 99.0 cm³/mol. The number of nitrogens with one attached hydrogen (secondary N) is 2. The summed E-state index contributed by atoms with van der Waals surface area (Å²) in [6.07, 6.45) is 2.54. The molecule has 0 bridgehead atoms. The van der Waals surface area contributed by atoms with Gasteiger partial charge in [-0.05, 0) is 43.2 Å². The molecule has 0 unspecified atom stereocenters. The minimum atomic E-state index is -0.234. The zero-order chi connectivity index (χ0) is 18.2. The normalized spacial score (nSPS) is 11.3. The molecule has 0 aliphatic carbocycles. The van der Waals surface area contributed by atoms with E-state index in [-0.39, 0.29) is 18.0 Å². The Balaban J connectivity index is 1.98. The summed E-state index contributed by atoms with van der Waals surface area (Å²) in [6.45, 7) is 4.32. The summed E-state index contributed by atoms with van der Waals surface area (Å²) in [4.78, 5) is 34.7. The highest BCUT2D eigenvalue weighted by Crippen LogP contribution is 2.07. The minimum absolute atomic E-state index is 0.175. The number of carbonyl (C=O) groups is 1. The number of benzene rings is 1. The maximum absolute atomic E-state index is 12.2. The number of nitrogens with two attached hydrogens (primary N) is 1. The number of hydrogen-bond donors (Lipinski definition) is 3. The third-order valence-electron chi connectivity index (χ3n) is 3.64. The van der Waals surface area contributed by atoms with Crippen LogP contribution in [0.1, 0.15) is 32.7 Å². The molecule has 0 radical (unpaired) electrons. The van der Waals surface area contributed by atoms with E-state index in [1.165, 1.54) is 6.34 Å². The number of aliphatic imine (C=N–C) groups is 2. The van der Waals surface area contributed by atoms with Gasteiger partial charge in [0, 0.05) is 23.4 Å². The van der Waals surface area contributed by atoms with E-state index in [1.807, 2.05) is 32.0 Å². The molecule has 7 heteroatoms. The largest absolute Gasteiger partial charge is 0.390 e. The topological polar surface area (TPSA) is 113 Å². The quantitative estimate of drug-likeness (QED) is 0.546. The number of aryl methyl sites for hydroxylation is 2. The number of hydrogen-bond acceptors (Lipinski definition) is 3. The molecule has 1 aromatic heterocycles. The van der Waals surface area contributed by atoms with Gasteiger partial charge in [-0.2, -0.15) is 0 Å². The van der Waals surface area contributed by atoms with Crippen LogP contribution in [0.15, 0.2) is 45.1 Å². The van der Waals surface area contributed by atoms with E-state index in [9.17, 15) is 9.59 Å². The predicted octanol–water partition coefficient (Wildman–Crippen LogP) is 1.44. The van der Waals surface area contributed by atoms with Crippen LogP contribution in [0.3, 0.4) is 0 Å². The average Bonchev–Trinajstić information content (AvgIpc) is 2.58. The molecule has 7 nitrogen and oxygen atoms in total. The number of pyridine rings is 1. The van der Waals surface area contributed by atoms with Gasteiger partial charge in [-0.15, -0.1) is 0 Å². The molecule has 4 N–H and O–H groups in total. The number of aromatic nitrogens is 1. The van der Waals surface area contributed by atoms with Crippen LogP contribution in [-0.4, -0.2) is 23.6 Å². The number of aromatic amines is 1. The van der Waals surface area contributed by atoms with Crippen LogP contribution in [0.2, 0.25) is 0 Å². The first-order valence-corrected chi connectivity index (χ1v) is 7.79. The van der Waals surface area contributed by atoms with Crippen molar-refractivity contribution in [2.45, 2.75) is 26.9 Å². The second kappa shape index (κ2) is 8.58. The summed E-state index contributed by atoms with van der Waals surface area (Å²) in [5.41, 5.74) is 8.62. The van der Waals surface area contributed by atoms with Gasteiger partial charge in [0.2, 0.25) is 0 Å². The zero-order valence-electron chi connectivity index (χ0n) is 14.2. The van der Waals surface area contributed by atoms with Crippen molar-refractivity contribution in [1.82, 2.24) is 10.3 Å². The molecule has 130 valence electrons. The van der Waals surface area contributed by atoms with Crippen molar-refractivity contribution in [3.8, 4) is 0 Å². The monoisotopic (exact) mass is 339 g/mol. The molecule has 2 aromatic rings. The van der Waals surface area contributed by atoms with Crippen LogP contribution in [-0.2, 0) is 13.1 Å². The van der Waals surface area contributed by atoms with Crippen LogP contribution >= 0.6 is 0 Å². The Labute approximate surface area is 145 Å². The summed E-state index contributed by atoms with van der Waals surface area (Å²) >= 11 is 0. The molecule has 1 aromatic carbocycles. The molecule has 0 aliphatic heterocycles.